The number of hydrogen-bond donors (Lipinski definition) is 3. The Morgan fingerprint density at radius 3 is 2.64 bits per heavy atom. The van der Waals surface area contributed by atoms with Crippen molar-refractivity contribution >= 4 is 34.8 Å². The highest BCUT2D eigenvalue weighted by Crippen LogP contribution is 2.29. The van der Waals surface area contributed by atoms with Crippen LogP contribution in [0.25, 0.3) is 10.6 Å². The van der Waals surface area contributed by atoms with Crippen LogP contribution in [0.3, 0.4) is 0 Å². The average molecular weight is 380 g/mol. The summed E-state index contributed by atoms with van der Waals surface area (Å²) >= 11 is 7.40. The molecule has 3 N–H and O–H groups in total. The SMILES string of the molecule is O=C(NCCNc1ccc(-c2ccc(Cl)s2)nn1)NC1CCCCC1. The van der Waals surface area contributed by atoms with Crippen molar-refractivity contribution < 1.29 is 4.79 Å². The van der Waals surface area contributed by atoms with Crippen LogP contribution in [0.1, 0.15) is 32.1 Å². The van der Waals surface area contributed by atoms with Gasteiger partial charge >= 0.3 is 6.03 Å². The number of nitrogens with one attached hydrogen (secondary N) is 3. The fraction of sp³-hybridized carbons (Fsp3) is 0.471. The molecule has 134 valence electrons. The summed E-state index contributed by atoms with van der Waals surface area (Å²) in [7, 11) is 0. The van der Waals surface area contributed by atoms with Gasteiger partial charge in [-0.15, -0.1) is 21.5 Å². The molecule has 6 nitrogen and oxygen atoms in total. The van der Waals surface area contributed by atoms with Gasteiger partial charge in [-0.25, -0.2) is 4.79 Å². The molecule has 2 heterocycles. The molecule has 2 amide bonds. The lowest BCUT2D eigenvalue weighted by atomic mass is 9.96. The molecule has 2 aromatic rings. The lowest BCUT2D eigenvalue weighted by Gasteiger charge is -2.22. The smallest absolute Gasteiger partial charge is 0.315 e. The quantitative estimate of drug-likeness (QED) is 0.665. The molecule has 0 aliphatic heterocycles. The fourth-order valence-electron chi connectivity index (χ4n) is 2.86. The van der Waals surface area contributed by atoms with Crippen LogP contribution < -0.4 is 16.0 Å². The van der Waals surface area contributed by atoms with Gasteiger partial charge in [0, 0.05) is 19.1 Å². The Morgan fingerprint density at radius 1 is 1.12 bits per heavy atom. The van der Waals surface area contributed by atoms with Gasteiger partial charge in [-0.1, -0.05) is 30.9 Å². The van der Waals surface area contributed by atoms with Crippen LogP contribution >= 0.6 is 22.9 Å². The van der Waals surface area contributed by atoms with Gasteiger partial charge in [0.15, 0.2) is 0 Å². The van der Waals surface area contributed by atoms with Crippen LogP contribution in [0.5, 0.6) is 0 Å². The van der Waals surface area contributed by atoms with E-state index in [4.69, 9.17) is 11.6 Å². The molecule has 0 spiro atoms. The van der Waals surface area contributed by atoms with E-state index in [-0.39, 0.29) is 6.03 Å². The number of hydrogen-bond acceptors (Lipinski definition) is 5. The first kappa shape index (κ1) is 17.9. The molecule has 1 aliphatic carbocycles. The molecule has 1 aliphatic rings. The maximum Gasteiger partial charge on any atom is 0.315 e. The summed E-state index contributed by atoms with van der Waals surface area (Å²) < 4.78 is 0.733. The summed E-state index contributed by atoms with van der Waals surface area (Å²) in [5.41, 5.74) is 0.799. The predicted octanol–water partition coefficient (Wildman–Crippen LogP) is 3.90. The Kier molecular flexibility index (Phi) is 6.47. The summed E-state index contributed by atoms with van der Waals surface area (Å²) in [6, 6.07) is 7.78. The monoisotopic (exact) mass is 379 g/mol. The zero-order valence-corrected chi connectivity index (χ0v) is 15.5. The molecule has 0 atom stereocenters. The Balaban J connectivity index is 1.36. The van der Waals surface area contributed by atoms with E-state index in [2.05, 4.69) is 26.1 Å². The van der Waals surface area contributed by atoms with Gasteiger partial charge in [0.1, 0.15) is 11.5 Å². The number of anilines is 1. The van der Waals surface area contributed by atoms with Crippen LogP contribution in [0.4, 0.5) is 10.6 Å². The van der Waals surface area contributed by atoms with Crippen molar-refractivity contribution in [3.8, 4) is 10.6 Å². The first-order valence-electron chi connectivity index (χ1n) is 8.58. The Labute approximate surface area is 156 Å². The zero-order valence-electron chi connectivity index (χ0n) is 13.9. The molecular formula is C17H22ClN5OS. The molecule has 8 heteroatoms. The van der Waals surface area contributed by atoms with E-state index in [1.807, 2.05) is 24.3 Å². The van der Waals surface area contributed by atoms with Crippen molar-refractivity contribution in [2.45, 2.75) is 38.1 Å². The van der Waals surface area contributed by atoms with Crippen LogP contribution in [-0.2, 0) is 0 Å². The van der Waals surface area contributed by atoms with Gasteiger partial charge < -0.3 is 16.0 Å². The molecular weight excluding hydrogens is 358 g/mol. The largest absolute Gasteiger partial charge is 0.367 e. The average Bonchev–Trinajstić information content (AvgIpc) is 3.06. The minimum Gasteiger partial charge on any atom is -0.367 e. The number of aromatic nitrogens is 2. The summed E-state index contributed by atoms with van der Waals surface area (Å²) in [4.78, 5) is 12.8. The number of amides is 2. The Bertz CT molecular complexity index is 685. The highest BCUT2D eigenvalue weighted by Gasteiger charge is 2.15. The van der Waals surface area contributed by atoms with Crippen molar-refractivity contribution in [2.24, 2.45) is 0 Å². The molecule has 0 unspecified atom stereocenters. The number of rotatable bonds is 6. The molecule has 1 saturated carbocycles. The maximum absolute atomic E-state index is 11.8. The number of urea groups is 1. The minimum atomic E-state index is -0.0929. The third kappa shape index (κ3) is 5.57. The van der Waals surface area contributed by atoms with E-state index in [0.29, 0.717) is 24.9 Å². The molecule has 25 heavy (non-hydrogen) atoms. The number of carbonyl (C=O) groups is 1. The van der Waals surface area contributed by atoms with E-state index in [1.165, 1.54) is 30.6 Å². The van der Waals surface area contributed by atoms with Crippen LogP contribution in [-0.4, -0.2) is 35.4 Å². The molecule has 1 fully saturated rings. The van der Waals surface area contributed by atoms with Crippen molar-refractivity contribution in [3.05, 3.63) is 28.6 Å². The van der Waals surface area contributed by atoms with E-state index < -0.39 is 0 Å². The highest BCUT2D eigenvalue weighted by atomic mass is 35.5. The molecule has 2 aromatic heterocycles. The van der Waals surface area contributed by atoms with Crippen molar-refractivity contribution in [3.63, 3.8) is 0 Å². The lowest BCUT2D eigenvalue weighted by molar-refractivity contribution is 0.233. The van der Waals surface area contributed by atoms with Crippen molar-refractivity contribution in [2.75, 3.05) is 18.4 Å². The Hall–Kier alpha value is -1.86. The van der Waals surface area contributed by atoms with E-state index >= 15 is 0 Å². The lowest BCUT2D eigenvalue weighted by Crippen LogP contribution is -2.44. The van der Waals surface area contributed by atoms with Gasteiger partial charge in [0.25, 0.3) is 0 Å². The number of halogens is 1. The number of nitrogens with zero attached hydrogens (tertiary/aromatic N) is 2. The third-order valence-electron chi connectivity index (χ3n) is 4.15. The van der Waals surface area contributed by atoms with E-state index in [0.717, 1.165) is 27.7 Å². The molecule has 0 radical (unpaired) electrons. The highest BCUT2D eigenvalue weighted by molar-refractivity contribution is 7.19. The van der Waals surface area contributed by atoms with Crippen molar-refractivity contribution in [1.82, 2.24) is 20.8 Å². The maximum atomic E-state index is 11.8. The summed E-state index contributed by atoms with van der Waals surface area (Å²) in [6.07, 6.45) is 5.87. The predicted molar refractivity (Wildman–Crippen MR) is 102 cm³/mol. The van der Waals surface area contributed by atoms with Gasteiger partial charge in [-0.3, -0.25) is 0 Å². The fourth-order valence-corrected chi connectivity index (χ4v) is 3.87. The second kappa shape index (κ2) is 9.01. The molecule has 0 saturated heterocycles. The topological polar surface area (TPSA) is 78.9 Å². The van der Waals surface area contributed by atoms with Gasteiger partial charge in [-0.05, 0) is 37.1 Å². The second-order valence-electron chi connectivity index (χ2n) is 6.07. The van der Waals surface area contributed by atoms with Gasteiger partial charge in [0.2, 0.25) is 0 Å². The summed E-state index contributed by atoms with van der Waals surface area (Å²) in [5.74, 6) is 0.681. The van der Waals surface area contributed by atoms with E-state index in [9.17, 15) is 4.79 Å². The summed E-state index contributed by atoms with van der Waals surface area (Å²) in [6.45, 7) is 1.12. The Morgan fingerprint density at radius 2 is 1.96 bits per heavy atom. The zero-order chi connectivity index (χ0) is 17.5. The van der Waals surface area contributed by atoms with Crippen LogP contribution in [0.2, 0.25) is 4.34 Å². The normalized spacial score (nSPS) is 14.9. The van der Waals surface area contributed by atoms with Gasteiger partial charge in [-0.2, -0.15) is 0 Å². The first-order valence-corrected chi connectivity index (χ1v) is 9.78. The standard InChI is InChI=1S/C17H22ClN5OS/c18-15-8-7-14(25-15)13-6-9-16(23-22-13)19-10-11-20-17(24)21-12-4-2-1-3-5-12/h6-9,12H,1-5,10-11H2,(H,19,23)(H2,20,21,24). The second-order valence-corrected chi connectivity index (χ2v) is 7.78. The molecule has 0 bridgehead atoms. The minimum absolute atomic E-state index is 0.0929. The van der Waals surface area contributed by atoms with Crippen LogP contribution in [0.15, 0.2) is 24.3 Å². The number of thiophene rings is 1. The summed E-state index contributed by atoms with van der Waals surface area (Å²) in [5, 5.41) is 17.4. The van der Waals surface area contributed by atoms with Crippen molar-refractivity contribution in [1.29, 1.82) is 0 Å². The van der Waals surface area contributed by atoms with E-state index in [1.54, 1.807) is 0 Å². The number of carbonyl (C=O) groups excluding carboxylic acids is 1. The molecule has 3 rings (SSSR count). The van der Waals surface area contributed by atoms with Gasteiger partial charge in [0.05, 0.1) is 9.21 Å². The first-order chi connectivity index (χ1) is 12.2. The third-order valence-corrected chi connectivity index (χ3v) is 5.40. The van der Waals surface area contributed by atoms with Crippen LogP contribution in [0, 0.1) is 0 Å². The molecule has 0 aromatic carbocycles.